The molecule has 3 aromatic rings. The van der Waals surface area contributed by atoms with Crippen LogP contribution in [0.25, 0.3) is 11.3 Å². The lowest BCUT2D eigenvalue weighted by atomic mass is 10.0. The third-order valence-electron chi connectivity index (χ3n) is 5.09. The van der Waals surface area contributed by atoms with Gasteiger partial charge in [-0.15, -0.1) is 0 Å². The number of benzene rings is 2. The van der Waals surface area contributed by atoms with Crippen LogP contribution in [0.5, 0.6) is 0 Å². The van der Waals surface area contributed by atoms with E-state index in [4.69, 9.17) is 11.6 Å². The van der Waals surface area contributed by atoms with E-state index in [1.807, 2.05) is 19.1 Å². The highest BCUT2D eigenvalue weighted by Crippen LogP contribution is 2.29. The fraction of sp³-hybridized carbons (Fsp3) is 0.182. The molecule has 2 heterocycles. The van der Waals surface area contributed by atoms with E-state index in [1.54, 1.807) is 41.3 Å². The van der Waals surface area contributed by atoms with E-state index in [2.05, 4.69) is 15.5 Å². The number of H-pyrrole nitrogens is 1. The smallest absolute Gasteiger partial charge is 0.264 e. The fourth-order valence-corrected chi connectivity index (χ4v) is 3.62. The Bertz CT molecular complexity index is 1170. The van der Waals surface area contributed by atoms with Crippen molar-refractivity contribution in [2.45, 2.75) is 13.3 Å². The van der Waals surface area contributed by atoms with Crippen molar-refractivity contribution in [2.75, 3.05) is 16.8 Å². The molecule has 2 aromatic carbocycles. The van der Waals surface area contributed by atoms with E-state index in [-0.39, 0.29) is 23.8 Å². The molecule has 2 N–H and O–H groups in total. The zero-order valence-corrected chi connectivity index (χ0v) is 16.9. The van der Waals surface area contributed by atoms with E-state index in [1.165, 1.54) is 6.07 Å². The number of carbonyl (C=O) groups is 2. The molecular formula is C22H19ClN4O3. The van der Waals surface area contributed by atoms with Gasteiger partial charge in [0.1, 0.15) is 0 Å². The molecule has 1 atom stereocenters. The number of halogens is 1. The molecule has 2 amide bonds. The van der Waals surface area contributed by atoms with Crippen LogP contribution in [0.4, 0.5) is 11.4 Å². The number of nitrogens with one attached hydrogen (secondary N) is 2. The van der Waals surface area contributed by atoms with Gasteiger partial charge in [-0.2, -0.15) is 5.10 Å². The number of aromatic nitrogens is 2. The first kappa shape index (κ1) is 19.8. The van der Waals surface area contributed by atoms with Crippen LogP contribution in [-0.2, 0) is 9.59 Å². The second-order valence-electron chi connectivity index (χ2n) is 7.21. The highest BCUT2D eigenvalue weighted by atomic mass is 35.5. The highest BCUT2D eigenvalue weighted by Gasteiger charge is 2.35. The van der Waals surface area contributed by atoms with Crippen molar-refractivity contribution < 1.29 is 9.59 Å². The number of hydrogen-bond acceptors (Lipinski definition) is 4. The number of aryl methyl sites for hydroxylation is 1. The minimum absolute atomic E-state index is 0.111. The van der Waals surface area contributed by atoms with Crippen LogP contribution in [0.3, 0.4) is 0 Å². The number of rotatable bonds is 4. The summed E-state index contributed by atoms with van der Waals surface area (Å²) in [7, 11) is 0. The normalized spacial score (nSPS) is 16.0. The molecule has 0 spiro atoms. The van der Waals surface area contributed by atoms with Crippen LogP contribution >= 0.6 is 11.6 Å². The second kappa shape index (κ2) is 8.12. The first-order chi connectivity index (χ1) is 14.4. The molecule has 1 saturated heterocycles. The van der Waals surface area contributed by atoms with Crippen molar-refractivity contribution in [3.8, 4) is 11.3 Å². The molecule has 1 fully saturated rings. The Morgan fingerprint density at radius 2 is 2.00 bits per heavy atom. The molecule has 1 aliphatic rings. The Morgan fingerprint density at radius 3 is 2.73 bits per heavy atom. The van der Waals surface area contributed by atoms with Crippen LogP contribution in [0, 0.1) is 12.8 Å². The Labute approximate surface area is 177 Å². The Kier molecular flexibility index (Phi) is 5.37. The van der Waals surface area contributed by atoms with Gasteiger partial charge in [-0.25, -0.2) is 5.10 Å². The molecule has 152 valence electrons. The molecular weight excluding hydrogens is 404 g/mol. The first-order valence-corrected chi connectivity index (χ1v) is 9.82. The van der Waals surface area contributed by atoms with Crippen molar-refractivity contribution in [1.29, 1.82) is 0 Å². The van der Waals surface area contributed by atoms with Gasteiger partial charge < -0.3 is 10.2 Å². The highest BCUT2D eigenvalue weighted by molar-refractivity contribution is 6.31. The molecule has 8 heteroatoms. The number of anilines is 2. The summed E-state index contributed by atoms with van der Waals surface area (Å²) in [5, 5.41) is 9.90. The van der Waals surface area contributed by atoms with Crippen LogP contribution in [-0.4, -0.2) is 28.6 Å². The lowest BCUT2D eigenvalue weighted by Crippen LogP contribution is -2.28. The summed E-state index contributed by atoms with van der Waals surface area (Å²) in [6.45, 7) is 2.18. The molecule has 1 aliphatic heterocycles. The van der Waals surface area contributed by atoms with Gasteiger partial charge in [0.15, 0.2) is 0 Å². The van der Waals surface area contributed by atoms with Crippen molar-refractivity contribution in [3.05, 3.63) is 75.5 Å². The lowest BCUT2D eigenvalue weighted by molar-refractivity contribution is -0.122. The van der Waals surface area contributed by atoms with Crippen molar-refractivity contribution in [3.63, 3.8) is 0 Å². The lowest BCUT2D eigenvalue weighted by Gasteiger charge is -2.17. The number of carbonyl (C=O) groups excluding carboxylic acids is 2. The summed E-state index contributed by atoms with van der Waals surface area (Å²) < 4.78 is 0. The molecule has 4 rings (SSSR count). The number of hydrogen-bond donors (Lipinski definition) is 2. The van der Waals surface area contributed by atoms with Crippen molar-refractivity contribution in [1.82, 2.24) is 10.2 Å². The van der Waals surface area contributed by atoms with E-state index in [0.717, 1.165) is 11.1 Å². The average molecular weight is 423 g/mol. The Hall–Kier alpha value is -3.45. The maximum absolute atomic E-state index is 12.9. The quantitative estimate of drug-likeness (QED) is 0.673. The van der Waals surface area contributed by atoms with E-state index in [0.29, 0.717) is 28.6 Å². The maximum atomic E-state index is 12.9. The predicted molar refractivity (Wildman–Crippen MR) is 116 cm³/mol. The minimum Gasteiger partial charge on any atom is -0.326 e. The minimum atomic E-state index is -0.467. The predicted octanol–water partition coefficient (Wildman–Crippen LogP) is 3.39. The van der Waals surface area contributed by atoms with Crippen LogP contribution in [0.2, 0.25) is 5.02 Å². The summed E-state index contributed by atoms with van der Waals surface area (Å²) in [6.07, 6.45) is 0.137. The summed E-state index contributed by atoms with van der Waals surface area (Å²) in [5.74, 6) is -0.798. The second-order valence-corrected chi connectivity index (χ2v) is 7.65. The number of nitrogens with zero attached hydrogens (tertiary/aromatic N) is 2. The standard InChI is InChI=1S/C22H19ClN4O3/c1-13-5-6-14(18-7-8-20(28)26-25-18)9-19(13)24-22(30)15-10-21(29)27(12-15)17-4-2-3-16(23)11-17/h2-9,11,15H,10,12H2,1H3,(H,24,30)(H,26,28). The van der Waals surface area contributed by atoms with E-state index >= 15 is 0 Å². The van der Waals surface area contributed by atoms with E-state index < -0.39 is 5.92 Å². The SMILES string of the molecule is Cc1ccc(-c2ccc(=O)[nH]n2)cc1NC(=O)C1CC(=O)N(c2cccc(Cl)c2)C1. The van der Waals surface area contributed by atoms with Gasteiger partial charge in [0.25, 0.3) is 5.56 Å². The average Bonchev–Trinajstić information content (AvgIpc) is 3.12. The molecule has 30 heavy (non-hydrogen) atoms. The maximum Gasteiger partial charge on any atom is 0.264 e. The van der Waals surface area contributed by atoms with Crippen molar-refractivity contribution in [2.24, 2.45) is 5.92 Å². The molecule has 0 aliphatic carbocycles. The van der Waals surface area contributed by atoms with Gasteiger partial charge in [0.05, 0.1) is 11.6 Å². The monoisotopic (exact) mass is 422 g/mol. The third kappa shape index (κ3) is 4.11. The van der Waals surface area contributed by atoms with Crippen LogP contribution in [0.15, 0.2) is 59.4 Å². The Morgan fingerprint density at radius 1 is 1.17 bits per heavy atom. The third-order valence-corrected chi connectivity index (χ3v) is 5.32. The molecule has 1 unspecified atom stereocenters. The molecule has 0 radical (unpaired) electrons. The zero-order chi connectivity index (χ0) is 21.3. The summed E-state index contributed by atoms with van der Waals surface area (Å²) in [5.41, 5.74) is 3.27. The van der Waals surface area contributed by atoms with Crippen LogP contribution < -0.4 is 15.8 Å². The van der Waals surface area contributed by atoms with Crippen molar-refractivity contribution >= 4 is 34.8 Å². The summed E-state index contributed by atoms with van der Waals surface area (Å²) in [6, 6.07) is 15.6. The van der Waals surface area contributed by atoms with Gasteiger partial charge in [0, 0.05) is 41.0 Å². The molecule has 7 nitrogen and oxygen atoms in total. The molecule has 0 bridgehead atoms. The summed E-state index contributed by atoms with van der Waals surface area (Å²) >= 11 is 6.03. The van der Waals surface area contributed by atoms with E-state index in [9.17, 15) is 14.4 Å². The van der Waals surface area contributed by atoms with Gasteiger partial charge in [0.2, 0.25) is 11.8 Å². The van der Waals surface area contributed by atoms with Gasteiger partial charge in [-0.1, -0.05) is 29.8 Å². The fourth-order valence-electron chi connectivity index (χ4n) is 3.43. The van der Waals surface area contributed by atoms with Gasteiger partial charge in [-0.05, 0) is 42.8 Å². The van der Waals surface area contributed by atoms with Gasteiger partial charge in [-0.3, -0.25) is 14.4 Å². The largest absolute Gasteiger partial charge is 0.326 e. The topological polar surface area (TPSA) is 95.2 Å². The molecule has 0 saturated carbocycles. The first-order valence-electron chi connectivity index (χ1n) is 9.44. The number of amides is 2. The zero-order valence-electron chi connectivity index (χ0n) is 16.2. The molecule has 1 aromatic heterocycles. The van der Waals surface area contributed by atoms with Crippen LogP contribution in [0.1, 0.15) is 12.0 Å². The number of aromatic amines is 1. The summed E-state index contributed by atoms with van der Waals surface area (Å²) in [4.78, 5) is 38.1. The van der Waals surface area contributed by atoms with Gasteiger partial charge >= 0.3 is 0 Å². The Balaban J connectivity index is 1.51.